The van der Waals surface area contributed by atoms with Gasteiger partial charge in [0.25, 0.3) is 5.91 Å². The van der Waals surface area contributed by atoms with Crippen LogP contribution in [-0.4, -0.2) is 35.7 Å². The lowest BCUT2D eigenvalue weighted by molar-refractivity contribution is -0.125. The van der Waals surface area contributed by atoms with Crippen LogP contribution in [0.15, 0.2) is 84.9 Å². The van der Waals surface area contributed by atoms with Gasteiger partial charge >= 0.3 is 0 Å². The van der Waals surface area contributed by atoms with Crippen molar-refractivity contribution in [1.82, 2.24) is 0 Å². The van der Waals surface area contributed by atoms with Crippen LogP contribution in [0.1, 0.15) is 24.5 Å². The van der Waals surface area contributed by atoms with Crippen LogP contribution >= 0.6 is 0 Å². The number of carbonyl (C=O) groups is 2. The van der Waals surface area contributed by atoms with Crippen molar-refractivity contribution in [3.8, 4) is 5.75 Å². The minimum atomic E-state index is -1.33. The maximum absolute atomic E-state index is 12.4. The molecule has 5 N–H and O–H groups in total. The predicted molar refractivity (Wildman–Crippen MR) is 139 cm³/mol. The molecule has 2 amide bonds. The second-order valence-corrected chi connectivity index (χ2v) is 8.02. The number of aliphatic hydroxyl groups is 1. The summed E-state index contributed by atoms with van der Waals surface area (Å²) in [4.78, 5) is 24.6. The first kappa shape index (κ1) is 25.7. The highest BCUT2D eigenvalue weighted by atomic mass is 16.5. The first-order valence-electron chi connectivity index (χ1n) is 11.5. The standard InChI is InChI=1S/C28H31N3O4/c1-2-35-24-16-8-21(9-17-24)11-19-26(32)30-22-12-14-23(15-13-22)31-28(34)27(33)25(29)18-10-20-6-4-3-5-7-20/h3-9,11-17,19,25,27,33H,2,10,18,29H2,1H3,(H,30,32)(H,31,34)/b19-11+/t25-,27+/m1/s1. The Balaban J connectivity index is 1.46. The van der Waals surface area contributed by atoms with Crippen LogP contribution in [0.2, 0.25) is 0 Å². The zero-order chi connectivity index (χ0) is 25.0. The Hall–Kier alpha value is -3.94. The summed E-state index contributed by atoms with van der Waals surface area (Å²) < 4.78 is 5.40. The molecule has 0 fully saturated rings. The Labute approximate surface area is 205 Å². The molecule has 3 aromatic rings. The van der Waals surface area contributed by atoms with Crippen LogP contribution in [0.25, 0.3) is 6.08 Å². The molecule has 3 aromatic carbocycles. The van der Waals surface area contributed by atoms with E-state index in [1.165, 1.54) is 6.08 Å². The Bertz CT molecular complexity index is 1110. The third-order valence-electron chi connectivity index (χ3n) is 5.32. The summed E-state index contributed by atoms with van der Waals surface area (Å²) in [6.45, 7) is 2.52. The van der Waals surface area contributed by atoms with E-state index < -0.39 is 18.1 Å². The fourth-order valence-electron chi connectivity index (χ4n) is 3.38. The topological polar surface area (TPSA) is 114 Å². The van der Waals surface area contributed by atoms with Crippen molar-refractivity contribution < 1.29 is 19.4 Å². The van der Waals surface area contributed by atoms with Gasteiger partial charge in [-0.3, -0.25) is 9.59 Å². The number of ether oxygens (including phenoxy) is 1. The molecule has 0 aliphatic heterocycles. The maximum Gasteiger partial charge on any atom is 0.254 e. The Kier molecular flexibility index (Phi) is 9.59. The number of nitrogens with one attached hydrogen (secondary N) is 2. The van der Waals surface area contributed by atoms with E-state index in [9.17, 15) is 14.7 Å². The lowest BCUT2D eigenvalue weighted by Gasteiger charge is -2.18. The molecule has 3 rings (SSSR count). The molecule has 35 heavy (non-hydrogen) atoms. The van der Waals surface area contributed by atoms with E-state index in [0.29, 0.717) is 30.8 Å². The van der Waals surface area contributed by atoms with Gasteiger partial charge in [0.2, 0.25) is 5.91 Å². The predicted octanol–water partition coefficient (Wildman–Crippen LogP) is 4.00. The molecule has 7 heteroatoms. The molecule has 0 saturated heterocycles. The molecule has 0 aromatic heterocycles. The summed E-state index contributed by atoms with van der Waals surface area (Å²) >= 11 is 0. The molecule has 0 bridgehead atoms. The van der Waals surface area contributed by atoms with Crippen LogP contribution < -0.4 is 21.1 Å². The number of amides is 2. The minimum absolute atomic E-state index is 0.282. The van der Waals surface area contributed by atoms with Crippen molar-refractivity contribution >= 4 is 29.3 Å². The molecule has 0 unspecified atom stereocenters. The molecule has 0 saturated carbocycles. The van der Waals surface area contributed by atoms with Gasteiger partial charge in [0.1, 0.15) is 11.9 Å². The van der Waals surface area contributed by atoms with E-state index >= 15 is 0 Å². The van der Waals surface area contributed by atoms with Crippen LogP contribution in [0.4, 0.5) is 11.4 Å². The highest BCUT2D eigenvalue weighted by Gasteiger charge is 2.22. The average Bonchev–Trinajstić information content (AvgIpc) is 2.88. The van der Waals surface area contributed by atoms with E-state index in [-0.39, 0.29) is 5.91 Å². The summed E-state index contributed by atoms with van der Waals surface area (Å²) in [6.07, 6.45) is 2.98. The molecule has 7 nitrogen and oxygen atoms in total. The van der Waals surface area contributed by atoms with Crippen molar-refractivity contribution in [1.29, 1.82) is 0 Å². The summed E-state index contributed by atoms with van der Waals surface area (Å²) in [5, 5.41) is 15.7. The van der Waals surface area contributed by atoms with Crippen LogP contribution in [0.5, 0.6) is 5.75 Å². The van der Waals surface area contributed by atoms with E-state index in [4.69, 9.17) is 10.5 Å². The Morgan fingerprint density at radius 3 is 2.20 bits per heavy atom. The molecular weight excluding hydrogens is 442 g/mol. The zero-order valence-corrected chi connectivity index (χ0v) is 19.7. The second kappa shape index (κ2) is 13.1. The monoisotopic (exact) mass is 473 g/mol. The summed E-state index contributed by atoms with van der Waals surface area (Å²) in [5.41, 5.74) is 9.06. The van der Waals surface area contributed by atoms with Gasteiger partial charge < -0.3 is 26.2 Å². The van der Waals surface area contributed by atoms with Gasteiger partial charge in [0, 0.05) is 23.5 Å². The van der Waals surface area contributed by atoms with Crippen LogP contribution in [-0.2, 0) is 16.0 Å². The molecule has 0 spiro atoms. The third-order valence-corrected chi connectivity index (χ3v) is 5.32. The number of rotatable bonds is 11. The first-order chi connectivity index (χ1) is 16.9. The lowest BCUT2D eigenvalue weighted by Crippen LogP contribution is -2.43. The largest absolute Gasteiger partial charge is 0.494 e. The molecule has 0 radical (unpaired) electrons. The number of nitrogens with two attached hydrogens (primary N) is 1. The van der Waals surface area contributed by atoms with Crippen molar-refractivity contribution in [2.75, 3.05) is 17.2 Å². The molecule has 182 valence electrons. The van der Waals surface area contributed by atoms with Crippen LogP contribution in [0, 0.1) is 0 Å². The van der Waals surface area contributed by atoms with Gasteiger partial charge in [-0.05, 0) is 73.4 Å². The van der Waals surface area contributed by atoms with Gasteiger partial charge in [-0.15, -0.1) is 0 Å². The first-order valence-corrected chi connectivity index (χ1v) is 11.5. The number of aryl methyl sites for hydroxylation is 1. The quantitative estimate of drug-likeness (QED) is 0.315. The number of hydrogen-bond acceptors (Lipinski definition) is 5. The minimum Gasteiger partial charge on any atom is -0.494 e. The van der Waals surface area contributed by atoms with Gasteiger partial charge in [0.15, 0.2) is 0 Å². The number of hydrogen-bond donors (Lipinski definition) is 4. The van der Waals surface area contributed by atoms with Crippen molar-refractivity contribution in [3.05, 3.63) is 96.1 Å². The molecule has 0 aliphatic carbocycles. The highest BCUT2D eigenvalue weighted by molar-refractivity contribution is 6.02. The summed E-state index contributed by atoms with van der Waals surface area (Å²) in [7, 11) is 0. The Morgan fingerprint density at radius 1 is 0.943 bits per heavy atom. The van der Waals surface area contributed by atoms with Crippen LogP contribution in [0.3, 0.4) is 0 Å². The number of aliphatic hydroxyl groups excluding tert-OH is 1. The summed E-state index contributed by atoms with van der Waals surface area (Å²) in [5.74, 6) is -0.0703. The fourth-order valence-corrected chi connectivity index (χ4v) is 3.38. The number of carbonyl (C=O) groups excluding carboxylic acids is 2. The molecule has 2 atom stereocenters. The van der Waals surface area contributed by atoms with E-state index in [1.54, 1.807) is 30.3 Å². The fraction of sp³-hybridized carbons (Fsp3) is 0.214. The van der Waals surface area contributed by atoms with E-state index in [1.807, 2.05) is 61.5 Å². The van der Waals surface area contributed by atoms with Gasteiger partial charge in [-0.1, -0.05) is 42.5 Å². The van der Waals surface area contributed by atoms with Gasteiger partial charge in [-0.25, -0.2) is 0 Å². The second-order valence-electron chi connectivity index (χ2n) is 8.02. The Morgan fingerprint density at radius 2 is 1.57 bits per heavy atom. The normalized spacial score (nSPS) is 12.7. The van der Waals surface area contributed by atoms with Crippen molar-refractivity contribution in [2.45, 2.75) is 31.9 Å². The highest BCUT2D eigenvalue weighted by Crippen LogP contribution is 2.16. The van der Waals surface area contributed by atoms with E-state index in [2.05, 4.69) is 10.6 Å². The SMILES string of the molecule is CCOc1ccc(/C=C/C(=O)Nc2ccc(NC(=O)[C@@H](O)[C@H](N)CCc3ccccc3)cc2)cc1. The maximum atomic E-state index is 12.4. The molecular formula is C28H31N3O4. The van der Waals surface area contributed by atoms with Crippen molar-refractivity contribution in [2.24, 2.45) is 5.73 Å². The smallest absolute Gasteiger partial charge is 0.254 e. The third kappa shape index (κ3) is 8.41. The molecule has 0 aliphatic rings. The average molecular weight is 474 g/mol. The zero-order valence-electron chi connectivity index (χ0n) is 19.7. The molecule has 0 heterocycles. The summed E-state index contributed by atoms with van der Waals surface area (Å²) in [6, 6.07) is 23.1. The van der Waals surface area contributed by atoms with E-state index in [0.717, 1.165) is 16.9 Å². The lowest BCUT2D eigenvalue weighted by atomic mass is 10.0. The van der Waals surface area contributed by atoms with Gasteiger partial charge in [-0.2, -0.15) is 0 Å². The van der Waals surface area contributed by atoms with Crippen molar-refractivity contribution in [3.63, 3.8) is 0 Å². The number of anilines is 2. The van der Waals surface area contributed by atoms with Gasteiger partial charge in [0.05, 0.1) is 6.61 Å². The number of benzene rings is 3.